The number of hydrogen-bond donors (Lipinski definition) is 1. The standard InChI is InChI=1S/C26H29ClN4O3/c1-34-23-9-8-19(27)15-20(23)26(33)30-13-10-17(11-14-30)25(32)31-12-4-5-18(16-31)24-28-21-6-2-3-7-22(21)29-24/h2-3,6-9,15,17-18H,4-5,10-14,16H2,1H3,(H,28,29). The third-order valence-corrected chi connectivity index (χ3v) is 7.29. The number of piperidine rings is 2. The van der Waals surface area contributed by atoms with E-state index in [2.05, 4.69) is 4.98 Å². The molecular formula is C26H29ClN4O3. The summed E-state index contributed by atoms with van der Waals surface area (Å²) in [5.74, 6) is 1.75. The van der Waals surface area contributed by atoms with E-state index in [4.69, 9.17) is 21.3 Å². The number of halogens is 1. The molecule has 1 unspecified atom stereocenters. The summed E-state index contributed by atoms with van der Waals surface area (Å²) in [4.78, 5) is 38.4. The molecule has 0 bridgehead atoms. The molecule has 3 aromatic rings. The summed E-state index contributed by atoms with van der Waals surface area (Å²) < 4.78 is 5.34. The van der Waals surface area contributed by atoms with Crippen molar-refractivity contribution < 1.29 is 14.3 Å². The molecule has 0 aliphatic carbocycles. The predicted molar refractivity (Wildman–Crippen MR) is 131 cm³/mol. The molecule has 0 spiro atoms. The summed E-state index contributed by atoms with van der Waals surface area (Å²) in [7, 11) is 1.54. The largest absolute Gasteiger partial charge is 0.496 e. The SMILES string of the molecule is COc1ccc(Cl)cc1C(=O)N1CCC(C(=O)N2CCCC(c3nc4ccccc4[nH]3)C2)CC1. The lowest BCUT2D eigenvalue weighted by molar-refractivity contribution is -0.138. The summed E-state index contributed by atoms with van der Waals surface area (Å²) in [5.41, 5.74) is 2.47. The molecule has 178 valence electrons. The smallest absolute Gasteiger partial charge is 0.257 e. The summed E-state index contributed by atoms with van der Waals surface area (Å²) in [6.07, 6.45) is 3.33. The normalized spacial score (nSPS) is 19.4. The number of carbonyl (C=O) groups is 2. The number of amides is 2. The number of ether oxygens (including phenoxy) is 1. The molecule has 2 amide bonds. The Hall–Kier alpha value is -3.06. The van der Waals surface area contributed by atoms with E-state index in [9.17, 15) is 9.59 Å². The molecule has 1 N–H and O–H groups in total. The van der Waals surface area contributed by atoms with Crippen molar-refractivity contribution in [3.05, 3.63) is 58.9 Å². The molecule has 5 rings (SSSR count). The highest BCUT2D eigenvalue weighted by Crippen LogP contribution is 2.30. The molecular weight excluding hydrogens is 452 g/mol. The van der Waals surface area contributed by atoms with Crippen LogP contribution in [0.1, 0.15) is 47.8 Å². The molecule has 2 aliphatic rings. The van der Waals surface area contributed by atoms with Crippen LogP contribution in [0.25, 0.3) is 11.0 Å². The minimum absolute atomic E-state index is 0.0558. The van der Waals surface area contributed by atoms with Crippen molar-refractivity contribution in [3.8, 4) is 5.75 Å². The maximum Gasteiger partial charge on any atom is 0.257 e. The molecule has 3 heterocycles. The summed E-state index contributed by atoms with van der Waals surface area (Å²) >= 11 is 6.10. The van der Waals surface area contributed by atoms with Crippen LogP contribution >= 0.6 is 11.6 Å². The molecule has 1 atom stereocenters. The van der Waals surface area contributed by atoms with E-state index in [0.717, 1.165) is 36.2 Å². The zero-order valence-electron chi connectivity index (χ0n) is 19.3. The molecule has 0 saturated carbocycles. The van der Waals surface area contributed by atoms with Gasteiger partial charge in [0.05, 0.1) is 23.7 Å². The van der Waals surface area contributed by atoms with Crippen molar-refractivity contribution in [2.75, 3.05) is 33.3 Å². The highest BCUT2D eigenvalue weighted by Gasteiger charge is 2.34. The average Bonchev–Trinajstić information content (AvgIpc) is 3.32. The molecule has 2 aliphatic heterocycles. The molecule has 8 heteroatoms. The van der Waals surface area contributed by atoms with Crippen molar-refractivity contribution in [1.29, 1.82) is 0 Å². The van der Waals surface area contributed by atoms with Gasteiger partial charge in [0.15, 0.2) is 0 Å². The van der Waals surface area contributed by atoms with Crippen LogP contribution in [-0.2, 0) is 4.79 Å². The van der Waals surface area contributed by atoms with Gasteiger partial charge in [0.25, 0.3) is 5.91 Å². The van der Waals surface area contributed by atoms with Gasteiger partial charge in [0.1, 0.15) is 11.6 Å². The number of H-pyrrole nitrogens is 1. The molecule has 2 aromatic carbocycles. The highest BCUT2D eigenvalue weighted by atomic mass is 35.5. The number of nitrogens with one attached hydrogen (secondary N) is 1. The highest BCUT2D eigenvalue weighted by molar-refractivity contribution is 6.31. The van der Waals surface area contributed by atoms with Gasteiger partial charge in [-0.05, 0) is 56.0 Å². The Balaban J connectivity index is 1.21. The van der Waals surface area contributed by atoms with E-state index in [0.29, 0.717) is 48.8 Å². The Kier molecular flexibility index (Phi) is 6.46. The number of aromatic amines is 1. The molecule has 2 saturated heterocycles. The zero-order valence-corrected chi connectivity index (χ0v) is 20.1. The summed E-state index contributed by atoms with van der Waals surface area (Å²) in [6, 6.07) is 13.1. The van der Waals surface area contributed by atoms with Crippen LogP contribution in [0.3, 0.4) is 0 Å². The topological polar surface area (TPSA) is 78.5 Å². The van der Waals surface area contributed by atoms with Gasteiger partial charge in [-0.25, -0.2) is 4.98 Å². The second kappa shape index (κ2) is 9.66. The van der Waals surface area contributed by atoms with Crippen LogP contribution in [0, 0.1) is 5.92 Å². The first-order valence-electron chi connectivity index (χ1n) is 11.9. The van der Waals surface area contributed by atoms with E-state index >= 15 is 0 Å². The summed E-state index contributed by atoms with van der Waals surface area (Å²) in [6.45, 7) is 2.57. The number of aromatic nitrogens is 2. The maximum atomic E-state index is 13.3. The number of methoxy groups -OCH3 is 1. The van der Waals surface area contributed by atoms with Gasteiger partial charge in [-0.2, -0.15) is 0 Å². The van der Waals surface area contributed by atoms with Gasteiger partial charge in [-0.3, -0.25) is 9.59 Å². The lowest BCUT2D eigenvalue weighted by atomic mass is 9.91. The molecule has 1 aromatic heterocycles. The van der Waals surface area contributed by atoms with Crippen molar-refractivity contribution in [2.24, 2.45) is 5.92 Å². The lowest BCUT2D eigenvalue weighted by Crippen LogP contribution is -2.47. The maximum absolute atomic E-state index is 13.3. The van der Waals surface area contributed by atoms with E-state index < -0.39 is 0 Å². The Morgan fingerprint density at radius 3 is 2.62 bits per heavy atom. The fraction of sp³-hybridized carbons (Fsp3) is 0.423. The van der Waals surface area contributed by atoms with E-state index in [1.807, 2.05) is 29.2 Å². The molecule has 0 radical (unpaired) electrons. The van der Waals surface area contributed by atoms with Gasteiger partial charge in [-0.15, -0.1) is 0 Å². The van der Waals surface area contributed by atoms with Gasteiger partial charge < -0.3 is 19.5 Å². The number of fused-ring (bicyclic) bond motifs is 1. The molecule has 34 heavy (non-hydrogen) atoms. The molecule has 7 nitrogen and oxygen atoms in total. The van der Waals surface area contributed by atoms with Gasteiger partial charge in [-0.1, -0.05) is 23.7 Å². The van der Waals surface area contributed by atoms with Crippen LogP contribution in [0.5, 0.6) is 5.75 Å². The van der Waals surface area contributed by atoms with Crippen LogP contribution in [0.2, 0.25) is 5.02 Å². The second-order valence-corrected chi connectivity index (χ2v) is 9.61. The second-order valence-electron chi connectivity index (χ2n) is 9.17. The minimum Gasteiger partial charge on any atom is -0.496 e. The average molecular weight is 481 g/mol. The third-order valence-electron chi connectivity index (χ3n) is 7.05. The van der Waals surface area contributed by atoms with E-state index in [-0.39, 0.29) is 23.7 Å². The van der Waals surface area contributed by atoms with Crippen LogP contribution in [0.4, 0.5) is 0 Å². The quantitative estimate of drug-likeness (QED) is 0.597. The van der Waals surface area contributed by atoms with Gasteiger partial charge in [0, 0.05) is 43.0 Å². The number of benzene rings is 2. The fourth-order valence-corrected chi connectivity index (χ4v) is 5.34. The number of hydrogen-bond acceptors (Lipinski definition) is 4. The van der Waals surface area contributed by atoms with Crippen molar-refractivity contribution in [1.82, 2.24) is 19.8 Å². The number of carbonyl (C=O) groups excluding carboxylic acids is 2. The number of rotatable bonds is 4. The van der Waals surface area contributed by atoms with Crippen LogP contribution in [-0.4, -0.2) is 64.9 Å². The van der Waals surface area contributed by atoms with Crippen molar-refractivity contribution in [3.63, 3.8) is 0 Å². The Morgan fingerprint density at radius 2 is 1.85 bits per heavy atom. The van der Waals surface area contributed by atoms with E-state index in [1.54, 1.807) is 30.2 Å². The fourth-order valence-electron chi connectivity index (χ4n) is 5.17. The number of para-hydroxylation sites is 2. The number of likely N-dealkylation sites (tertiary alicyclic amines) is 2. The Labute approximate surface area is 204 Å². The number of nitrogens with zero attached hydrogens (tertiary/aromatic N) is 3. The third kappa shape index (κ3) is 4.49. The van der Waals surface area contributed by atoms with Crippen molar-refractivity contribution >= 4 is 34.4 Å². The van der Waals surface area contributed by atoms with Gasteiger partial charge >= 0.3 is 0 Å². The van der Waals surface area contributed by atoms with Crippen LogP contribution in [0.15, 0.2) is 42.5 Å². The monoisotopic (exact) mass is 480 g/mol. The Morgan fingerprint density at radius 1 is 1.06 bits per heavy atom. The first-order valence-corrected chi connectivity index (χ1v) is 12.3. The Bertz CT molecular complexity index is 1170. The van der Waals surface area contributed by atoms with Crippen molar-refractivity contribution in [2.45, 2.75) is 31.6 Å². The van der Waals surface area contributed by atoms with E-state index in [1.165, 1.54) is 0 Å². The zero-order chi connectivity index (χ0) is 23.7. The first kappa shape index (κ1) is 22.7. The predicted octanol–water partition coefficient (Wildman–Crippen LogP) is 4.48. The lowest BCUT2D eigenvalue weighted by Gasteiger charge is -2.37. The molecule has 2 fully saturated rings. The summed E-state index contributed by atoms with van der Waals surface area (Å²) in [5, 5.41) is 0.498. The minimum atomic E-state index is -0.104. The van der Waals surface area contributed by atoms with Crippen LogP contribution < -0.4 is 4.74 Å². The number of imidazole rings is 1. The van der Waals surface area contributed by atoms with Gasteiger partial charge in [0.2, 0.25) is 5.91 Å². The first-order chi connectivity index (χ1) is 16.5.